The first-order chi connectivity index (χ1) is 48.3. The Hall–Kier alpha value is -10.3. The number of ether oxygens (including phenoxy) is 3. The number of halogens is 9. The van der Waals surface area contributed by atoms with Gasteiger partial charge in [-0.25, -0.2) is 43.1 Å². The molecule has 102 heavy (non-hydrogen) atoms. The number of carbonyl (C=O) groups excluding carboxylic acids is 3. The lowest BCUT2D eigenvalue weighted by atomic mass is 9.93. The van der Waals surface area contributed by atoms with Gasteiger partial charge in [-0.3, -0.25) is 42.5 Å². The van der Waals surface area contributed by atoms with Crippen molar-refractivity contribution in [3.05, 3.63) is 210 Å². The minimum Gasteiger partial charge on any atom is -0.490 e. The molecule has 12 rings (SSSR count). The van der Waals surface area contributed by atoms with E-state index in [0.717, 1.165) is 0 Å². The van der Waals surface area contributed by atoms with Gasteiger partial charge in [-0.2, -0.15) is 0 Å². The number of benzene rings is 3. The second-order valence-corrected chi connectivity index (χ2v) is 26.1. The number of fused-ring (bicyclic) bond motifs is 3. The molecular formula is C69H63Cl6F3N18O6. The Labute approximate surface area is 610 Å². The predicted molar refractivity (Wildman–Crippen MR) is 387 cm³/mol. The Bertz CT molecular complexity index is 4730. The van der Waals surface area contributed by atoms with Gasteiger partial charge < -0.3 is 48.6 Å². The highest BCUT2D eigenvalue weighted by atomic mass is 35.5. The summed E-state index contributed by atoms with van der Waals surface area (Å²) in [6.07, 6.45) is 12.9. The minimum absolute atomic E-state index is 0.0517. The number of nitrogens with zero attached hydrogens (tertiary/aromatic N) is 12. The third kappa shape index (κ3) is 14.9. The van der Waals surface area contributed by atoms with E-state index in [-0.39, 0.29) is 117 Å². The van der Waals surface area contributed by atoms with Crippen molar-refractivity contribution in [3.8, 4) is 50.6 Å². The smallest absolute Gasteiger partial charge is 0.267 e. The molecule has 3 amide bonds. The highest BCUT2D eigenvalue weighted by molar-refractivity contribution is 6.34. The molecule has 1 unspecified atom stereocenters. The molecule has 0 aliphatic heterocycles. The molecule has 12 N–H and O–H groups in total. The third-order valence-electron chi connectivity index (χ3n) is 15.8. The summed E-state index contributed by atoms with van der Waals surface area (Å²) < 4.78 is 69.8. The van der Waals surface area contributed by atoms with E-state index in [0.29, 0.717) is 67.4 Å². The number of rotatable bonds is 18. The van der Waals surface area contributed by atoms with Gasteiger partial charge in [0.25, 0.3) is 17.7 Å². The second kappa shape index (κ2) is 30.5. The number of nitrogens with two attached hydrogens (primary N) is 6. The number of hydrogen-bond acceptors (Lipinski definition) is 18. The molecule has 0 spiro atoms. The fraction of sp³-hybridized carbons (Fsp3) is 0.217. The Balaban J connectivity index is 0.000000165. The van der Waals surface area contributed by atoms with Crippen molar-refractivity contribution in [3.63, 3.8) is 0 Å². The first-order valence-electron chi connectivity index (χ1n) is 31.0. The number of imidazole rings is 3. The number of nitrogen functional groups attached to an aromatic ring is 3. The van der Waals surface area contributed by atoms with Crippen molar-refractivity contribution in [2.24, 2.45) is 17.2 Å². The van der Waals surface area contributed by atoms with Crippen LogP contribution in [0.5, 0.6) is 17.2 Å². The molecule has 3 aromatic carbocycles. The van der Waals surface area contributed by atoms with Gasteiger partial charge in [0.1, 0.15) is 68.4 Å². The van der Waals surface area contributed by atoms with Crippen LogP contribution in [0.15, 0.2) is 110 Å². The van der Waals surface area contributed by atoms with E-state index in [1.807, 2.05) is 62.3 Å². The van der Waals surface area contributed by atoms with Crippen molar-refractivity contribution in [1.29, 1.82) is 0 Å². The van der Waals surface area contributed by atoms with Crippen molar-refractivity contribution in [2.75, 3.05) is 17.2 Å². The van der Waals surface area contributed by atoms with Crippen LogP contribution in [-0.4, -0.2) is 94.1 Å². The summed E-state index contributed by atoms with van der Waals surface area (Å²) >= 11 is 38.0. The van der Waals surface area contributed by atoms with Gasteiger partial charge in [0, 0.05) is 107 Å². The summed E-state index contributed by atoms with van der Waals surface area (Å²) in [4.78, 5) is 72.0. The summed E-state index contributed by atoms with van der Waals surface area (Å²) in [6.45, 7) is 16.6. The van der Waals surface area contributed by atoms with Gasteiger partial charge >= 0.3 is 0 Å². The second-order valence-electron chi connectivity index (χ2n) is 23.8. The number of hydrogen-bond donors (Lipinski definition) is 6. The number of carbonyl (C=O) groups is 3. The van der Waals surface area contributed by atoms with E-state index in [2.05, 4.69) is 44.9 Å². The minimum atomic E-state index is -0.692. The SMILES string of the molecule is CC(C)Oc1c(C(C)c2nc(Cl)c3c(N)nccn23)cc(Cl)c(F)c1-c1ccc(C(N)=O)nc1.CC(C)Oc1c([C@@H](C)c2nc(Cl)c3c(N)nccn23)cc(Cl)c(F)c1-c1ccc(C(N)=O)nc1.CC(C)Oc1c([C@H](C)c2nc(Cl)c3c(N)nccn23)cc(Cl)c(F)c1-c1ccc(C(N)=O)nc1. The monoisotopic (exact) mass is 1510 g/mol. The van der Waals surface area contributed by atoms with Crippen molar-refractivity contribution >= 4 is 121 Å². The topological polar surface area (TPSA) is 364 Å². The third-order valence-corrected chi connectivity index (χ3v) is 17.5. The molecule has 3 atom stereocenters. The largest absolute Gasteiger partial charge is 0.490 e. The molecule has 0 saturated heterocycles. The van der Waals surface area contributed by atoms with E-state index in [1.165, 1.54) is 91.8 Å². The van der Waals surface area contributed by atoms with E-state index in [4.69, 9.17) is 118 Å². The zero-order chi connectivity index (χ0) is 74.2. The van der Waals surface area contributed by atoms with Crippen LogP contribution >= 0.6 is 69.6 Å². The summed E-state index contributed by atoms with van der Waals surface area (Å²) in [5, 5.41) is 0.246. The molecule has 0 radical (unpaired) electrons. The van der Waals surface area contributed by atoms with Crippen LogP contribution in [0.3, 0.4) is 0 Å². The van der Waals surface area contributed by atoms with E-state index < -0.39 is 52.9 Å². The van der Waals surface area contributed by atoms with Gasteiger partial charge in [0.05, 0.1) is 50.1 Å². The molecule has 24 nitrogen and oxygen atoms in total. The van der Waals surface area contributed by atoms with Crippen LogP contribution in [0.2, 0.25) is 30.5 Å². The van der Waals surface area contributed by atoms with Gasteiger partial charge in [-0.1, -0.05) is 109 Å². The number of primary amides is 3. The van der Waals surface area contributed by atoms with Gasteiger partial charge in [0.2, 0.25) is 0 Å². The fourth-order valence-corrected chi connectivity index (χ4v) is 12.7. The Kier molecular flexibility index (Phi) is 22.2. The summed E-state index contributed by atoms with van der Waals surface area (Å²) in [5.41, 5.74) is 38.6. The van der Waals surface area contributed by atoms with E-state index >= 15 is 13.2 Å². The van der Waals surface area contributed by atoms with E-state index in [9.17, 15) is 14.4 Å². The molecule has 0 aliphatic rings. The lowest BCUT2D eigenvalue weighted by molar-refractivity contribution is 0.0987. The summed E-state index contributed by atoms with van der Waals surface area (Å²) in [7, 11) is 0. The number of anilines is 3. The Morgan fingerprint density at radius 3 is 0.853 bits per heavy atom. The van der Waals surface area contributed by atoms with Gasteiger partial charge in [0.15, 0.2) is 50.4 Å². The molecule has 9 heterocycles. The van der Waals surface area contributed by atoms with Crippen LogP contribution in [0.4, 0.5) is 30.6 Å². The quantitative estimate of drug-likeness (QED) is 0.0465. The standard InChI is InChI=1S/3C23H21Cl2FN6O2/c3*1-10(2)34-19-13(11(3)23-31-20(25)18-21(27)29-6-7-32(18)23)8-14(24)17(26)16(19)12-4-5-15(22(28)33)30-9-12/h3*4-11H,1-3H3,(H2,27,29)(H2,28,33)/t2*11-;/m10./s1. The molecule has 12 aromatic rings. The van der Waals surface area contributed by atoms with Gasteiger partial charge in [-0.05, 0) is 77.9 Å². The normalized spacial score (nSPS) is 12.3. The number of amides is 3. The lowest BCUT2D eigenvalue weighted by Crippen LogP contribution is -2.14. The molecule has 528 valence electrons. The van der Waals surface area contributed by atoms with Crippen molar-refractivity contribution in [2.45, 2.75) is 98.4 Å². The summed E-state index contributed by atoms with van der Waals surface area (Å²) in [5.74, 6) is -2.30. The van der Waals surface area contributed by atoms with Crippen molar-refractivity contribution in [1.82, 2.24) is 58.1 Å². The fourth-order valence-electron chi connectivity index (χ4n) is 11.2. The Morgan fingerprint density at radius 1 is 0.402 bits per heavy atom. The average molecular weight is 1510 g/mol. The maximum Gasteiger partial charge on any atom is 0.267 e. The Morgan fingerprint density at radius 2 is 0.647 bits per heavy atom. The predicted octanol–water partition coefficient (Wildman–Crippen LogP) is 14.6. The molecule has 0 fully saturated rings. The van der Waals surface area contributed by atoms with Crippen molar-refractivity contribution < 1.29 is 41.8 Å². The molecule has 0 bridgehead atoms. The molecule has 0 aliphatic carbocycles. The van der Waals surface area contributed by atoms with Crippen LogP contribution in [0.25, 0.3) is 49.9 Å². The molecular weight excluding hydrogens is 1450 g/mol. The van der Waals surface area contributed by atoms with Crippen LogP contribution in [-0.2, 0) is 0 Å². The van der Waals surface area contributed by atoms with Crippen LogP contribution in [0, 0.1) is 17.5 Å². The maximum atomic E-state index is 15.4. The van der Waals surface area contributed by atoms with Crippen LogP contribution < -0.4 is 48.6 Å². The highest BCUT2D eigenvalue weighted by Gasteiger charge is 2.33. The first-order valence-corrected chi connectivity index (χ1v) is 33.2. The first kappa shape index (κ1) is 74.4. The number of pyridine rings is 3. The zero-order valence-electron chi connectivity index (χ0n) is 55.5. The molecule has 33 heteroatoms. The highest BCUT2D eigenvalue weighted by Crippen LogP contribution is 2.48. The zero-order valence-corrected chi connectivity index (χ0v) is 60.1. The van der Waals surface area contributed by atoms with Crippen LogP contribution in [0.1, 0.15) is 146 Å². The van der Waals surface area contributed by atoms with Gasteiger partial charge in [-0.15, -0.1) is 0 Å². The van der Waals surface area contributed by atoms with E-state index in [1.54, 1.807) is 31.8 Å². The number of aromatic nitrogens is 12. The maximum absolute atomic E-state index is 15.4. The lowest BCUT2D eigenvalue weighted by Gasteiger charge is -2.23. The average Bonchev–Trinajstić information content (AvgIpc) is 1.35. The molecule has 0 saturated carbocycles. The summed E-state index contributed by atoms with van der Waals surface area (Å²) in [6, 6.07) is 13.4. The molecule has 9 aromatic heterocycles.